The fourth-order valence-corrected chi connectivity index (χ4v) is 7.97. The second-order valence-electron chi connectivity index (χ2n) is 17.5. The Labute approximate surface area is 360 Å². The van der Waals surface area contributed by atoms with E-state index in [0.717, 1.165) is 38.5 Å². The Bertz CT molecular complexity index is 970. The van der Waals surface area contributed by atoms with Crippen LogP contribution in [0.25, 0.3) is 0 Å². The minimum absolute atomic E-state index is 0.259. The number of ether oxygens (including phenoxy) is 2. The summed E-state index contributed by atoms with van der Waals surface area (Å²) < 4.78 is 11.1. The van der Waals surface area contributed by atoms with E-state index in [2.05, 4.69) is 31.3 Å². The Balaban J connectivity index is 2.44. The van der Waals surface area contributed by atoms with Gasteiger partial charge in [-0.15, -0.1) is 0 Å². The predicted octanol–water partition coefficient (Wildman–Crippen LogP) is 8.45. The number of amides is 1. The highest BCUT2D eigenvalue weighted by Gasteiger charge is 2.44. The first-order valence-electron chi connectivity index (χ1n) is 24.6. The van der Waals surface area contributed by atoms with E-state index >= 15 is 0 Å². The van der Waals surface area contributed by atoms with Gasteiger partial charge in [-0.3, -0.25) is 4.79 Å². The number of nitrogens with one attached hydrogen (secondary N) is 1. The van der Waals surface area contributed by atoms with Crippen LogP contribution in [0.2, 0.25) is 0 Å². The maximum Gasteiger partial charge on any atom is 0.249 e. The molecule has 8 N–H and O–H groups in total. The molecule has 0 bridgehead atoms. The number of hydrogen-bond donors (Lipinski definition) is 8. The van der Waals surface area contributed by atoms with Crippen LogP contribution in [0.3, 0.4) is 0 Å². The summed E-state index contributed by atoms with van der Waals surface area (Å²) in [6, 6.07) is -1.18. The molecule has 9 atom stereocenters. The molecule has 59 heavy (non-hydrogen) atoms. The summed E-state index contributed by atoms with van der Waals surface area (Å²) in [6.45, 7) is 3.44. The van der Waals surface area contributed by atoms with E-state index in [1.807, 2.05) is 0 Å². The lowest BCUT2D eigenvalue weighted by Gasteiger charge is -2.40. The smallest absolute Gasteiger partial charge is 0.249 e. The number of carbonyl (C=O) groups excluding carboxylic acids is 1. The van der Waals surface area contributed by atoms with Gasteiger partial charge in [-0.2, -0.15) is 0 Å². The maximum atomic E-state index is 13.1. The van der Waals surface area contributed by atoms with Gasteiger partial charge in [0, 0.05) is 0 Å². The Kier molecular flexibility index (Phi) is 36.5. The number of hydrogen-bond acceptors (Lipinski definition) is 10. The fraction of sp³-hybridized carbons (Fsp3) is 0.938. The Hall–Kier alpha value is -1.15. The van der Waals surface area contributed by atoms with E-state index in [4.69, 9.17) is 9.47 Å². The lowest BCUT2D eigenvalue weighted by molar-refractivity contribution is -0.303. The zero-order chi connectivity index (χ0) is 43.4. The molecule has 0 saturated carbocycles. The number of unbranched alkanes of at least 4 members (excludes halogenated alkanes) is 27. The molecule has 0 aromatic carbocycles. The van der Waals surface area contributed by atoms with Crippen LogP contribution in [-0.4, -0.2) is 110 Å². The lowest BCUT2D eigenvalue weighted by atomic mass is 9.98. The van der Waals surface area contributed by atoms with Crippen molar-refractivity contribution < 1.29 is 50.0 Å². The Morgan fingerprint density at radius 2 is 1.00 bits per heavy atom. The minimum atomic E-state index is -1.66. The van der Waals surface area contributed by atoms with Crippen molar-refractivity contribution >= 4 is 5.91 Å². The third kappa shape index (κ3) is 28.2. The number of carbonyl (C=O) groups is 1. The third-order valence-electron chi connectivity index (χ3n) is 12.1. The van der Waals surface area contributed by atoms with E-state index in [9.17, 15) is 40.5 Å². The van der Waals surface area contributed by atoms with Gasteiger partial charge in [-0.1, -0.05) is 193 Å². The minimum Gasteiger partial charge on any atom is -0.394 e. The normalized spacial score (nSPS) is 21.8. The molecule has 0 aromatic heterocycles. The van der Waals surface area contributed by atoms with Crippen molar-refractivity contribution in [2.45, 2.75) is 274 Å². The van der Waals surface area contributed by atoms with E-state index in [1.54, 1.807) is 0 Å². The molecule has 0 aliphatic carbocycles. The third-order valence-corrected chi connectivity index (χ3v) is 12.1. The molecule has 350 valence electrons. The van der Waals surface area contributed by atoms with Crippen LogP contribution in [0.5, 0.6) is 0 Å². The van der Waals surface area contributed by atoms with Gasteiger partial charge in [0.1, 0.15) is 36.6 Å². The highest BCUT2D eigenvalue weighted by atomic mass is 16.7. The van der Waals surface area contributed by atoms with Crippen LogP contribution < -0.4 is 5.32 Å². The van der Waals surface area contributed by atoms with Gasteiger partial charge in [-0.25, -0.2) is 0 Å². The summed E-state index contributed by atoms with van der Waals surface area (Å²) in [7, 11) is 0. The number of aliphatic hydroxyl groups excluding tert-OH is 7. The van der Waals surface area contributed by atoms with Gasteiger partial charge in [0.05, 0.1) is 25.4 Å². The van der Waals surface area contributed by atoms with Crippen LogP contribution in [0, 0.1) is 0 Å². The van der Waals surface area contributed by atoms with Crippen LogP contribution in [-0.2, 0) is 14.3 Å². The van der Waals surface area contributed by atoms with Crippen molar-refractivity contribution in [1.82, 2.24) is 5.32 Å². The van der Waals surface area contributed by atoms with Crippen LogP contribution >= 0.6 is 0 Å². The van der Waals surface area contributed by atoms with E-state index in [1.165, 1.54) is 141 Å². The summed E-state index contributed by atoms with van der Waals surface area (Å²) in [5.41, 5.74) is 0. The SMILES string of the molecule is CCCCCCCCCCCCCC=CCCCC(O)C(O)C(COC1OC(CO)C(O)C(O)C1O)NC(=O)C(O)CCCCCCCCCCCCCCCCCC. The highest BCUT2D eigenvalue weighted by Crippen LogP contribution is 2.23. The first kappa shape index (κ1) is 55.9. The van der Waals surface area contributed by atoms with Gasteiger partial charge < -0.3 is 50.5 Å². The summed E-state index contributed by atoms with van der Waals surface area (Å²) >= 11 is 0. The summed E-state index contributed by atoms with van der Waals surface area (Å²) in [6.07, 6.45) is 29.7. The predicted molar refractivity (Wildman–Crippen MR) is 238 cm³/mol. The van der Waals surface area contributed by atoms with Crippen molar-refractivity contribution in [3.05, 3.63) is 12.2 Å². The average molecular weight is 844 g/mol. The van der Waals surface area contributed by atoms with E-state index in [0.29, 0.717) is 12.8 Å². The largest absolute Gasteiger partial charge is 0.394 e. The number of aliphatic hydroxyl groups is 7. The van der Waals surface area contributed by atoms with Gasteiger partial charge in [0.2, 0.25) is 5.91 Å². The monoisotopic (exact) mass is 844 g/mol. The molecule has 1 saturated heterocycles. The molecule has 0 aromatic rings. The molecule has 11 heteroatoms. The molecule has 1 heterocycles. The second-order valence-corrected chi connectivity index (χ2v) is 17.5. The van der Waals surface area contributed by atoms with Crippen molar-refractivity contribution in [3.8, 4) is 0 Å². The number of rotatable bonds is 41. The fourth-order valence-electron chi connectivity index (χ4n) is 7.97. The summed E-state index contributed by atoms with van der Waals surface area (Å²) in [4.78, 5) is 13.1. The quantitative estimate of drug-likeness (QED) is 0.0219. The van der Waals surface area contributed by atoms with Gasteiger partial charge in [-0.05, 0) is 38.5 Å². The lowest BCUT2D eigenvalue weighted by Crippen LogP contribution is -2.60. The Morgan fingerprint density at radius 3 is 1.46 bits per heavy atom. The molecular formula is C48H93NO10. The summed E-state index contributed by atoms with van der Waals surface area (Å²) in [5, 5.41) is 75.7. The zero-order valence-corrected chi connectivity index (χ0v) is 37.7. The molecule has 1 aliphatic rings. The topological polar surface area (TPSA) is 189 Å². The molecular weight excluding hydrogens is 751 g/mol. The first-order valence-corrected chi connectivity index (χ1v) is 24.6. The molecule has 1 amide bonds. The van der Waals surface area contributed by atoms with E-state index < -0.39 is 74.2 Å². The van der Waals surface area contributed by atoms with Gasteiger partial charge in [0.15, 0.2) is 6.29 Å². The second kappa shape index (κ2) is 38.5. The molecule has 0 radical (unpaired) electrons. The molecule has 9 unspecified atom stereocenters. The van der Waals surface area contributed by atoms with Crippen LogP contribution in [0.1, 0.15) is 219 Å². The zero-order valence-electron chi connectivity index (χ0n) is 37.7. The molecule has 1 rings (SSSR count). The van der Waals surface area contributed by atoms with Crippen molar-refractivity contribution in [1.29, 1.82) is 0 Å². The van der Waals surface area contributed by atoms with Gasteiger partial charge in [0.25, 0.3) is 0 Å². The molecule has 1 fully saturated rings. The average Bonchev–Trinajstić information content (AvgIpc) is 3.23. The Morgan fingerprint density at radius 1 is 0.576 bits per heavy atom. The standard InChI is InChI=1S/C48H93NO10/c1-3-5-7-9-11-13-15-17-19-21-23-25-27-29-31-33-35-40(51)43(53)39(38-58-48-46(56)45(55)44(54)42(37-50)59-48)49-47(57)41(52)36-34-32-30-28-26-24-22-20-18-16-14-12-10-8-6-4-2/h27,29,39-46,48,50-56H,3-26,28,30-38H2,1-2H3,(H,49,57). The van der Waals surface area contributed by atoms with Crippen LogP contribution in [0.4, 0.5) is 0 Å². The molecule has 0 spiro atoms. The van der Waals surface area contributed by atoms with Crippen molar-refractivity contribution in [2.24, 2.45) is 0 Å². The summed E-state index contributed by atoms with van der Waals surface area (Å²) in [5.74, 6) is -0.704. The molecule has 1 aliphatic heterocycles. The van der Waals surface area contributed by atoms with E-state index in [-0.39, 0.29) is 12.8 Å². The van der Waals surface area contributed by atoms with Crippen molar-refractivity contribution in [3.63, 3.8) is 0 Å². The number of allylic oxidation sites excluding steroid dienone is 2. The van der Waals surface area contributed by atoms with Gasteiger partial charge >= 0.3 is 0 Å². The van der Waals surface area contributed by atoms with Crippen molar-refractivity contribution in [2.75, 3.05) is 13.2 Å². The first-order chi connectivity index (χ1) is 28.7. The molecule has 11 nitrogen and oxygen atoms in total. The maximum absolute atomic E-state index is 13.1. The van der Waals surface area contributed by atoms with Crippen LogP contribution in [0.15, 0.2) is 12.2 Å². The highest BCUT2D eigenvalue weighted by molar-refractivity contribution is 5.80.